The van der Waals surface area contributed by atoms with E-state index in [1.807, 2.05) is 0 Å². The van der Waals surface area contributed by atoms with Crippen molar-refractivity contribution >= 4 is 12.4 Å². The average Bonchev–Trinajstić information content (AvgIpc) is 2.46. The van der Waals surface area contributed by atoms with E-state index in [4.69, 9.17) is 9.78 Å². The van der Waals surface area contributed by atoms with Gasteiger partial charge in [-0.2, -0.15) is 0 Å². The van der Waals surface area contributed by atoms with Crippen molar-refractivity contribution in [3.8, 4) is 5.75 Å². The number of para-hydroxylation sites is 1. The van der Waals surface area contributed by atoms with Gasteiger partial charge >= 0.3 is 6.09 Å². The van der Waals surface area contributed by atoms with Crippen LogP contribution < -0.4 is 4.89 Å². The van der Waals surface area contributed by atoms with Crippen LogP contribution in [0.5, 0.6) is 5.75 Å². The van der Waals surface area contributed by atoms with E-state index in [2.05, 4.69) is 0 Å². The van der Waals surface area contributed by atoms with Gasteiger partial charge in [0.1, 0.15) is 0 Å². The normalized spacial score (nSPS) is 15.0. The van der Waals surface area contributed by atoms with Gasteiger partial charge in [-0.3, -0.25) is 9.68 Å². The summed E-state index contributed by atoms with van der Waals surface area (Å²) in [5.74, 6) is 0.248. The molecule has 1 fully saturated rings. The van der Waals surface area contributed by atoms with Gasteiger partial charge in [0.05, 0.1) is 5.56 Å². The summed E-state index contributed by atoms with van der Waals surface area (Å²) < 4.78 is 0. The Balaban J connectivity index is 1.90. The van der Waals surface area contributed by atoms with Gasteiger partial charge in [-0.25, -0.2) is 9.68 Å². The Kier molecular flexibility index (Phi) is 4.17. The lowest BCUT2D eigenvalue weighted by molar-refractivity contribution is -0.155. The standard InChI is InChI=1S/C13H15NO4/c15-10-11-6-2-3-7-12(11)17-18-13(16)14-8-4-1-5-9-14/h2-3,6-7,10H,1,4-5,8-9H2. The number of aldehydes is 1. The fourth-order valence-corrected chi connectivity index (χ4v) is 1.86. The maximum atomic E-state index is 11.7. The Bertz CT molecular complexity index is 427. The number of piperidine rings is 1. The third kappa shape index (κ3) is 3.00. The minimum Gasteiger partial charge on any atom is -0.305 e. The average molecular weight is 249 g/mol. The Morgan fingerprint density at radius 3 is 2.61 bits per heavy atom. The predicted octanol–water partition coefficient (Wildman–Crippen LogP) is 2.42. The predicted molar refractivity (Wildman–Crippen MR) is 64.4 cm³/mol. The zero-order valence-electron chi connectivity index (χ0n) is 10.0. The molecule has 5 nitrogen and oxygen atoms in total. The second-order valence-corrected chi connectivity index (χ2v) is 4.14. The van der Waals surface area contributed by atoms with Crippen LogP contribution in [0.25, 0.3) is 0 Å². The van der Waals surface area contributed by atoms with Crippen molar-refractivity contribution in [2.45, 2.75) is 19.3 Å². The van der Waals surface area contributed by atoms with Crippen LogP contribution in [0.1, 0.15) is 29.6 Å². The number of nitrogens with zero attached hydrogens (tertiary/aromatic N) is 1. The summed E-state index contributed by atoms with van der Waals surface area (Å²) in [5, 5.41) is 0. The molecule has 1 aliphatic rings. The summed E-state index contributed by atoms with van der Waals surface area (Å²) in [7, 11) is 0. The molecule has 1 heterocycles. The van der Waals surface area contributed by atoms with Gasteiger partial charge in [0.15, 0.2) is 12.0 Å². The molecule has 0 spiro atoms. The number of carbonyl (C=O) groups excluding carboxylic acids is 2. The number of likely N-dealkylation sites (tertiary alicyclic amines) is 1. The van der Waals surface area contributed by atoms with Crippen molar-refractivity contribution in [1.82, 2.24) is 4.90 Å². The monoisotopic (exact) mass is 249 g/mol. The molecule has 1 aromatic rings. The van der Waals surface area contributed by atoms with Crippen LogP contribution in [0, 0.1) is 0 Å². The lowest BCUT2D eigenvalue weighted by Gasteiger charge is -2.24. The van der Waals surface area contributed by atoms with E-state index in [1.54, 1.807) is 29.2 Å². The molecular formula is C13H15NO4. The van der Waals surface area contributed by atoms with Gasteiger partial charge < -0.3 is 4.90 Å². The molecule has 96 valence electrons. The zero-order chi connectivity index (χ0) is 12.8. The minimum atomic E-state index is -0.504. The Morgan fingerprint density at radius 2 is 1.89 bits per heavy atom. The summed E-state index contributed by atoms with van der Waals surface area (Å²) in [6, 6.07) is 6.59. The van der Waals surface area contributed by atoms with E-state index < -0.39 is 6.09 Å². The quantitative estimate of drug-likeness (QED) is 0.469. The molecule has 1 saturated heterocycles. The summed E-state index contributed by atoms with van der Waals surface area (Å²) >= 11 is 0. The third-order valence-electron chi connectivity index (χ3n) is 2.86. The van der Waals surface area contributed by atoms with Crippen LogP contribution in [0.4, 0.5) is 4.79 Å². The van der Waals surface area contributed by atoms with Crippen LogP contribution in [-0.2, 0) is 4.89 Å². The molecule has 0 N–H and O–H groups in total. The van der Waals surface area contributed by atoms with Crippen LogP contribution in [0.3, 0.4) is 0 Å². The molecule has 0 aliphatic carbocycles. The summed E-state index contributed by atoms with van der Waals surface area (Å²) in [6.45, 7) is 1.38. The zero-order valence-corrected chi connectivity index (χ0v) is 10.0. The first-order valence-electron chi connectivity index (χ1n) is 5.99. The molecular weight excluding hydrogens is 234 g/mol. The van der Waals surface area contributed by atoms with Crippen molar-refractivity contribution in [2.24, 2.45) is 0 Å². The smallest absolute Gasteiger partial charge is 0.305 e. The molecule has 0 atom stereocenters. The van der Waals surface area contributed by atoms with Gasteiger partial charge in [0, 0.05) is 13.1 Å². The minimum absolute atomic E-state index is 0.248. The Hall–Kier alpha value is -2.04. The highest BCUT2D eigenvalue weighted by molar-refractivity contribution is 5.79. The highest BCUT2D eigenvalue weighted by Crippen LogP contribution is 2.17. The topological polar surface area (TPSA) is 55.8 Å². The largest absolute Gasteiger partial charge is 0.452 e. The molecule has 1 aromatic carbocycles. The molecule has 1 aliphatic heterocycles. The lowest BCUT2D eigenvalue weighted by atomic mass is 10.1. The fraction of sp³-hybridized carbons (Fsp3) is 0.385. The summed E-state index contributed by atoms with van der Waals surface area (Å²) in [5.41, 5.74) is 0.351. The van der Waals surface area contributed by atoms with E-state index in [1.165, 1.54) is 0 Å². The van der Waals surface area contributed by atoms with Crippen molar-refractivity contribution < 1.29 is 19.4 Å². The second kappa shape index (κ2) is 6.05. The molecule has 0 unspecified atom stereocenters. The maximum Gasteiger partial charge on any atom is 0.452 e. The van der Waals surface area contributed by atoms with Crippen molar-refractivity contribution in [3.05, 3.63) is 29.8 Å². The number of rotatable bonds is 3. The van der Waals surface area contributed by atoms with E-state index >= 15 is 0 Å². The molecule has 0 saturated carbocycles. The van der Waals surface area contributed by atoms with Crippen LogP contribution in [-0.4, -0.2) is 30.4 Å². The number of hydrogen-bond donors (Lipinski definition) is 0. The van der Waals surface area contributed by atoms with Gasteiger partial charge in [-0.15, -0.1) is 0 Å². The van der Waals surface area contributed by atoms with Crippen molar-refractivity contribution in [3.63, 3.8) is 0 Å². The number of benzene rings is 1. The number of hydrogen-bond acceptors (Lipinski definition) is 4. The fourth-order valence-electron chi connectivity index (χ4n) is 1.86. The van der Waals surface area contributed by atoms with E-state index in [0.717, 1.165) is 19.3 Å². The van der Waals surface area contributed by atoms with Crippen molar-refractivity contribution in [1.29, 1.82) is 0 Å². The highest BCUT2D eigenvalue weighted by atomic mass is 17.2. The number of carbonyl (C=O) groups is 2. The maximum absolute atomic E-state index is 11.7. The Labute approximate surface area is 105 Å². The van der Waals surface area contributed by atoms with Crippen molar-refractivity contribution in [2.75, 3.05) is 13.1 Å². The molecule has 1 amide bonds. The van der Waals surface area contributed by atoms with Gasteiger partial charge in [0.2, 0.25) is 0 Å². The van der Waals surface area contributed by atoms with Crippen LogP contribution >= 0.6 is 0 Å². The van der Waals surface area contributed by atoms with Gasteiger partial charge in [-0.05, 0) is 31.4 Å². The van der Waals surface area contributed by atoms with E-state index in [0.29, 0.717) is 24.9 Å². The molecule has 0 aromatic heterocycles. The molecule has 18 heavy (non-hydrogen) atoms. The SMILES string of the molecule is O=Cc1ccccc1OOC(=O)N1CCCCC1. The third-order valence-corrected chi connectivity index (χ3v) is 2.86. The highest BCUT2D eigenvalue weighted by Gasteiger charge is 2.19. The lowest BCUT2D eigenvalue weighted by Crippen LogP contribution is -2.36. The first-order chi connectivity index (χ1) is 8.81. The van der Waals surface area contributed by atoms with E-state index in [9.17, 15) is 9.59 Å². The first kappa shape index (κ1) is 12.4. The summed E-state index contributed by atoms with van der Waals surface area (Å²) in [6.07, 6.45) is 3.26. The van der Waals surface area contributed by atoms with Gasteiger partial charge in [0.25, 0.3) is 0 Å². The number of amides is 1. The van der Waals surface area contributed by atoms with Gasteiger partial charge in [-0.1, -0.05) is 12.1 Å². The second-order valence-electron chi connectivity index (χ2n) is 4.14. The Morgan fingerprint density at radius 1 is 1.17 bits per heavy atom. The van der Waals surface area contributed by atoms with Crippen LogP contribution in [0.15, 0.2) is 24.3 Å². The van der Waals surface area contributed by atoms with Crippen LogP contribution in [0.2, 0.25) is 0 Å². The molecule has 5 heteroatoms. The molecule has 0 bridgehead atoms. The van der Waals surface area contributed by atoms with E-state index in [-0.39, 0.29) is 5.75 Å². The molecule has 0 radical (unpaired) electrons. The molecule has 2 rings (SSSR count). The summed E-state index contributed by atoms with van der Waals surface area (Å²) in [4.78, 5) is 33.7. The first-order valence-corrected chi connectivity index (χ1v) is 5.99.